The lowest BCUT2D eigenvalue weighted by atomic mass is 10.1. The van der Waals surface area contributed by atoms with Crippen molar-refractivity contribution in [2.75, 3.05) is 20.2 Å². The molecule has 2 nitrogen and oxygen atoms in total. The van der Waals surface area contributed by atoms with Gasteiger partial charge in [-0.2, -0.15) is 0 Å². The van der Waals surface area contributed by atoms with Crippen molar-refractivity contribution >= 4 is 0 Å². The number of hydrogen-bond donors (Lipinski definition) is 0. The Labute approximate surface area is 85.5 Å². The summed E-state index contributed by atoms with van der Waals surface area (Å²) in [6, 6.07) is 8.67. The van der Waals surface area contributed by atoms with Gasteiger partial charge >= 0.3 is 0 Å². The van der Waals surface area contributed by atoms with Crippen LogP contribution in [-0.2, 0) is 11.3 Å². The Morgan fingerprint density at radius 2 is 2.29 bits per heavy atom. The first-order valence-electron chi connectivity index (χ1n) is 5.10. The maximum atomic E-state index is 5.20. The van der Waals surface area contributed by atoms with Crippen LogP contribution >= 0.6 is 0 Å². The molecule has 1 heterocycles. The first kappa shape index (κ1) is 9.69. The molecule has 1 aromatic carbocycles. The quantitative estimate of drug-likeness (QED) is 0.675. The molecule has 1 fully saturated rings. The van der Waals surface area contributed by atoms with Crippen molar-refractivity contribution in [2.24, 2.45) is 0 Å². The standard InChI is InChI=1S/C12H17NO/c1-10-4-3-5-11(6-10)7-13(2)8-12-9-14-12/h3-6,12H,7-9H2,1-2H3. The van der Waals surface area contributed by atoms with Crippen molar-refractivity contribution in [1.29, 1.82) is 0 Å². The third kappa shape index (κ3) is 2.82. The number of likely N-dealkylation sites (N-methyl/N-ethyl adjacent to an activating group) is 1. The van der Waals surface area contributed by atoms with Crippen LogP contribution in [0.3, 0.4) is 0 Å². The number of ether oxygens (including phenoxy) is 1. The monoisotopic (exact) mass is 191 g/mol. The van der Waals surface area contributed by atoms with Crippen LogP contribution in [0.15, 0.2) is 24.3 Å². The van der Waals surface area contributed by atoms with Crippen LogP contribution in [0, 0.1) is 6.92 Å². The minimum absolute atomic E-state index is 0.491. The molecule has 1 aromatic rings. The van der Waals surface area contributed by atoms with Gasteiger partial charge in [-0.1, -0.05) is 29.8 Å². The number of benzene rings is 1. The molecule has 1 aliphatic heterocycles. The summed E-state index contributed by atoms with van der Waals surface area (Å²) in [5, 5.41) is 0. The highest BCUT2D eigenvalue weighted by Crippen LogP contribution is 2.12. The first-order chi connectivity index (χ1) is 6.74. The summed E-state index contributed by atoms with van der Waals surface area (Å²) in [6.45, 7) is 5.14. The molecule has 0 amide bonds. The van der Waals surface area contributed by atoms with Crippen molar-refractivity contribution in [3.05, 3.63) is 35.4 Å². The molecule has 2 rings (SSSR count). The number of rotatable bonds is 4. The van der Waals surface area contributed by atoms with E-state index in [1.165, 1.54) is 11.1 Å². The molecule has 0 N–H and O–H groups in total. The molecule has 76 valence electrons. The van der Waals surface area contributed by atoms with Crippen molar-refractivity contribution in [3.63, 3.8) is 0 Å². The molecule has 14 heavy (non-hydrogen) atoms. The average molecular weight is 191 g/mol. The molecule has 0 saturated carbocycles. The van der Waals surface area contributed by atoms with E-state index in [9.17, 15) is 0 Å². The molecule has 1 aliphatic rings. The van der Waals surface area contributed by atoms with E-state index in [4.69, 9.17) is 4.74 Å². The van der Waals surface area contributed by atoms with Crippen molar-refractivity contribution in [3.8, 4) is 0 Å². The van der Waals surface area contributed by atoms with Gasteiger partial charge in [0.15, 0.2) is 0 Å². The molecule has 0 spiro atoms. The molecule has 1 atom stereocenters. The SMILES string of the molecule is Cc1cccc(CN(C)CC2CO2)c1. The first-order valence-corrected chi connectivity index (χ1v) is 5.10. The molecule has 1 unspecified atom stereocenters. The van der Waals surface area contributed by atoms with Crippen LogP contribution in [-0.4, -0.2) is 31.2 Å². The highest BCUT2D eigenvalue weighted by atomic mass is 16.6. The fourth-order valence-corrected chi connectivity index (χ4v) is 1.71. The van der Waals surface area contributed by atoms with E-state index < -0.39 is 0 Å². The van der Waals surface area contributed by atoms with E-state index in [0.29, 0.717) is 6.10 Å². The van der Waals surface area contributed by atoms with Crippen LogP contribution in [0.5, 0.6) is 0 Å². The Bertz CT molecular complexity index is 307. The van der Waals surface area contributed by atoms with Gasteiger partial charge in [-0.05, 0) is 19.5 Å². The summed E-state index contributed by atoms with van der Waals surface area (Å²) in [7, 11) is 2.14. The Balaban J connectivity index is 1.88. The molecule has 0 aromatic heterocycles. The minimum atomic E-state index is 0.491. The highest BCUT2D eigenvalue weighted by Gasteiger charge is 2.23. The van der Waals surface area contributed by atoms with Gasteiger partial charge in [0.25, 0.3) is 0 Å². The van der Waals surface area contributed by atoms with Gasteiger partial charge in [0.05, 0.1) is 12.7 Å². The largest absolute Gasteiger partial charge is 0.372 e. The average Bonchev–Trinajstić information content (AvgIpc) is 2.87. The van der Waals surface area contributed by atoms with Crippen LogP contribution < -0.4 is 0 Å². The minimum Gasteiger partial charge on any atom is -0.372 e. The number of epoxide rings is 1. The summed E-state index contributed by atoms with van der Waals surface area (Å²) in [5.41, 5.74) is 2.71. The summed E-state index contributed by atoms with van der Waals surface area (Å²) < 4.78 is 5.20. The summed E-state index contributed by atoms with van der Waals surface area (Å²) in [5.74, 6) is 0. The molecular formula is C12H17NO. The zero-order valence-electron chi connectivity index (χ0n) is 8.86. The third-order valence-electron chi connectivity index (χ3n) is 2.45. The topological polar surface area (TPSA) is 15.8 Å². The maximum absolute atomic E-state index is 5.20. The maximum Gasteiger partial charge on any atom is 0.0936 e. The lowest BCUT2D eigenvalue weighted by molar-refractivity contribution is 0.278. The van der Waals surface area contributed by atoms with E-state index in [1.54, 1.807) is 0 Å². The number of aryl methyl sites for hydroxylation is 1. The Morgan fingerprint density at radius 3 is 2.93 bits per heavy atom. The lowest BCUT2D eigenvalue weighted by Crippen LogP contribution is -2.22. The van der Waals surface area contributed by atoms with Crippen molar-refractivity contribution < 1.29 is 4.74 Å². The van der Waals surface area contributed by atoms with Gasteiger partial charge in [-0.25, -0.2) is 0 Å². The lowest BCUT2D eigenvalue weighted by Gasteiger charge is -2.15. The van der Waals surface area contributed by atoms with Crippen LogP contribution in [0.2, 0.25) is 0 Å². The predicted molar refractivity (Wildman–Crippen MR) is 57.3 cm³/mol. The van der Waals surface area contributed by atoms with Crippen LogP contribution in [0.1, 0.15) is 11.1 Å². The molecule has 0 bridgehead atoms. The van der Waals surface area contributed by atoms with Gasteiger partial charge in [0.1, 0.15) is 0 Å². The second-order valence-electron chi connectivity index (χ2n) is 4.14. The fraction of sp³-hybridized carbons (Fsp3) is 0.500. The second-order valence-corrected chi connectivity index (χ2v) is 4.14. The number of hydrogen-bond acceptors (Lipinski definition) is 2. The normalized spacial score (nSPS) is 20.1. The summed E-state index contributed by atoms with van der Waals surface area (Å²) in [4.78, 5) is 2.31. The van der Waals surface area contributed by atoms with E-state index in [0.717, 1.165) is 19.7 Å². The molecule has 1 saturated heterocycles. The Kier molecular flexibility index (Phi) is 2.85. The van der Waals surface area contributed by atoms with Crippen LogP contribution in [0.25, 0.3) is 0 Å². The van der Waals surface area contributed by atoms with Gasteiger partial charge in [0.2, 0.25) is 0 Å². The van der Waals surface area contributed by atoms with Gasteiger partial charge in [-0.15, -0.1) is 0 Å². The molecule has 2 heteroatoms. The summed E-state index contributed by atoms with van der Waals surface area (Å²) >= 11 is 0. The third-order valence-corrected chi connectivity index (χ3v) is 2.45. The zero-order valence-corrected chi connectivity index (χ0v) is 8.86. The molecular weight excluding hydrogens is 174 g/mol. The fourth-order valence-electron chi connectivity index (χ4n) is 1.71. The Morgan fingerprint density at radius 1 is 1.50 bits per heavy atom. The van der Waals surface area contributed by atoms with Crippen molar-refractivity contribution in [1.82, 2.24) is 4.90 Å². The van der Waals surface area contributed by atoms with E-state index >= 15 is 0 Å². The Hall–Kier alpha value is -0.860. The van der Waals surface area contributed by atoms with Gasteiger partial charge < -0.3 is 4.74 Å². The molecule has 0 radical (unpaired) electrons. The van der Waals surface area contributed by atoms with Gasteiger partial charge in [-0.3, -0.25) is 4.90 Å². The van der Waals surface area contributed by atoms with E-state index in [1.807, 2.05) is 0 Å². The second kappa shape index (κ2) is 4.11. The predicted octanol–water partition coefficient (Wildman–Crippen LogP) is 1.83. The van der Waals surface area contributed by atoms with E-state index in [-0.39, 0.29) is 0 Å². The number of nitrogens with zero attached hydrogens (tertiary/aromatic N) is 1. The van der Waals surface area contributed by atoms with Crippen molar-refractivity contribution in [2.45, 2.75) is 19.6 Å². The van der Waals surface area contributed by atoms with Gasteiger partial charge in [0, 0.05) is 13.1 Å². The van der Waals surface area contributed by atoms with E-state index in [2.05, 4.69) is 43.1 Å². The smallest absolute Gasteiger partial charge is 0.0936 e. The summed E-state index contributed by atoms with van der Waals surface area (Å²) in [6.07, 6.45) is 0.491. The zero-order chi connectivity index (χ0) is 9.97. The van der Waals surface area contributed by atoms with Crippen LogP contribution in [0.4, 0.5) is 0 Å². The highest BCUT2D eigenvalue weighted by molar-refractivity contribution is 5.21. The molecule has 0 aliphatic carbocycles.